The number of rotatable bonds is 6. The van der Waals surface area contributed by atoms with E-state index in [0.29, 0.717) is 17.3 Å². The molecule has 3 rings (SSSR count). The van der Waals surface area contributed by atoms with Crippen molar-refractivity contribution in [2.45, 2.75) is 26.0 Å². The molecule has 3 aromatic rings. The van der Waals surface area contributed by atoms with E-state index in [1.165, 1.54) is 0 Å². The molecule has 26 heavy (non-hydrogen) atoms. The summed E-state index contributed by atoms with van der Waals surface area (Å²) in [4.78, 5) is 12.6. The summed E-state index contributed by atoms with van der Waals surface area (Å²) < 4.78 is 7.60. The smallest absolute Gasteiger partial charge is 0.263 e. The van der Waals surface area contributed by atoms with Gasteiger partial charge >= 0.3 is 0 Å². The topological polar surface area (TPSA) is 56.1 Å². The Bertz CT molecular complexity index is 874. The highest BCUT2D eigenvalue weighted by Crippen LogP contribution is 2.21. The third-order valence-electron chi connectivity index (χ3n) is 3.92. The quantitative estimate of drug-likeness (QED) is 0.714. The van der Waals surface area contributed by atoms with E-state index in [4.69, 9.17) is 16.3 Å². The van der Waals surface area contributed by atoms with Gasteiger partial charge in [-0.15, -0.1) is 0 Å². The van der Waals surface area contributed by atoms with Crippen LogP contribution in [0, 0.1) is 0 Å². The number of aromatic nitrogens is 2. The van der Waals surface area contributed by atoms with Gasteiger partial charge in [-0.2, -0.15) is 5.10 Å². The average Bonchev–Trinajstić information content (AvgIpc) is 3.16. The number of amides is 1. The molecule has 0 aliphatic rings. The van der Waals surface area contributed by atoms with Crippen molar-refractivity contribution in [1.82, 2.24) is 15.1 Å². The first kappa shape index (κ1) is 18.0. The summed E-state index contributed by atoms with van der Waals surface area (Å²) in [5.41, 5.74) is 0.871. The lowest BCUT2D eigenvalue weighted by molar-refractivity contribution is -0.134. The van der Waals surface area contributed by atoms with Crippen molar-refractivity contribution in [3.63, 3.8) is 0 Å². The van der Waals surface area contributed by atoms with Crippen molar-refractivity contribution in [2.75, 3.05) is 0 Å². The minimum atomic E-state index is -1.02. The van der Waals surface area contributed by atoms with E-state index < -0.39 is 5.60 Å². The molecule has 0 unspecified atom stereocenters. The number of hydrogen-bond donors (Lipinski definition) is 1. The molecule has 0 saturated carbocycles. The molecule has 0 atom stereocenters. The van der Waals surface area contributed by atoms with E-state index in [0.717, 1.165) is 11.3 Å². The van der Waals surface area contributed by atoms with Gasteiger partial charge in [0.1, 0.15) is 5.75 Å². The lowest BCUT2D eigenvalue weighted by Crippen LogP contribution is -2.46. The molecule has 0 fully saturated rings. The Hall–Kier alpha value is -2.79. The molecule has 0 radical (unpaired) electrons. The number of ether oxygens (including phenoxy) is 1. The Balaban J connectivity index is 1.68. The number of nitrogens with zero attached hydrogens (tertiary/aromatic N) is 2. The number of halogens is 1. The van der Waals surface area contributed by atoms with E-state index in [1.807, 2.05) is 36.5 Å². The van der Waals surface area contributed by atoms with Crippen LogP contribution in [0.5, 0.6) is 5.75 Å². The van der Waals surface area contributed by atoms with Crippen LogP contribution in [0.25, 0.3) is 5.69 Å². The van der Waals surface area contributed by atoms with Gasteiger partial charge < -0.3 is 10.1 Å². The molecular formula is C20H20ClN3O2. The molecular weight excluding hydrogens is 350 g/mol. The monoisotopic (exact) mass is 369 g/mol. The normalized spacial score (nSPS) is 11.2. The highest BCUT2D eigenvalue weighted by Gasteiger charge is 2.29. The van der Waals surface area contributed by atoms with Gasteiger partial charge in [0.2, 0.25) is 0 Å². The highest BCUT2D eigenvalue weighted by molar-refractivity contribution is 6.30. The van der Waals surface area contributed by atoms with E-state index >= 15 is 0 Å². The van der Waals surface area contributed by atoms with E-state index in [1.54, 1.807) is 49.0 Å². The van der Waals surface area contributed by atoms with Gasteiger partial charge in [-0.05, 0) is 55.8 Å². The van der Waals surface area contributed by atoms with Crippen molar-refractivity contribution < 1.29 is 9.53 Å². The fourth-order valence-corrected chi connectivity index (χ4v) is 2.65. The molecule has 0 aliphatic heterocycles. The van der Waals surface area contributed by atoms with E-state index in [9.17, 15) is 4.79 Å². The SMILES string of the molecule is CC(C)(Oc1ccc(Cl)cc1)C(=O)NCc1ccccc1-n1cccn1. The lowest BCUT2D eigenvalue weighted by atomic mass is 10.1. The van der Waals surface area contributed by atoms with Crippen molar-refractivity contribution in [1.29, 1.82) is 0 Å². The summed E-state index contributed by atoms with van der Waals surface area (Å²) in [7, 11) is 0. The molecule has 6 heteroatoms. The van der Waals surface area contributed by atoms with Gasteiger partial charge in [-0.3, -0.25) is 4.79 Å². The molecule has 2 aromatic carbocycles. The first-order chi connectivity index (χ1) is 12.5. The molecule has 0 spiro atoms. The van der Waals surface area contributed by atoms with Crippen LogP contribution in [-0.4, -0.2) is 21.3 Å². The number of hydrogen-bond acceptors (Lipinski definition) is 3. The van der Waals surface area contributed by atoms with Crippen molar-refractivity contribution in [3.05, 3.63) is 77.6 Å². The van der Waals surface area contributed by atoms with Gasteiger partial charge in [0.25, 0.3) is 5.91 Å². The largest absolute Gasteiger partial charge is 0.478 e. The predicted octanol–water partition coefficient (Wildman–Crippen LogP) is 4.00. The number of para-hydroxylation sites is 1. The van der Waals surface area contributed by atoms with Crippen LogP contribution in [0.3, 0.4) is 0 Å². The van der Waals surface area contributed by atoms with Crippen LogP contribution in [0.15, 0.2) is 67.0 Å². The maximum absolute atomic E-state index is 12.6. The zero-order valence-corrected chi connectivity index (χ0v) is 15.4. The van der Waals surface area contributed by atoms with Crippen LogP contribution in [0.2, 0.25) is 5.02 Å². The van der Waals surface area contributed by atoms with Crippen LogP contribution in [0.1, 0.15) is 19.4 Å². The molecule has 0 saturated heterocycles. The Labute approximate surface area is 157 Å². The highest BCUT2D eigenvalue weighted by atomic mass is 35.5. The number of carbonyl (C=O) groups excluding carboxylic acids is 1. The third-order valence-corrected chi connectivity index (χ3v) is 4.17. The standard InChI is InChI=1S/C20H20ClN3O2/c1-20(2,26-17-10-8-16(21)9-11-17)19(25)22-14-15-6-3-4-7-18(15)24-13-5-12-23-24/h3-13H,14H2,1-2H3,(H,22,25). The van der Waals surface area contributed by atoms with Gasteiger partial charge in [0.05, 0.1) is 5.69 Å². The van der Waals surface area contributed by atoms with Crippen molar-refractivity contribution in [2.24, 2.45) is 0 Å². The minimum absolute atomic E-state index is 0.206. The number of nitrogens with one attached hydrogen (secondary N) is 1. The summed E-state index contributed by atoms with van der Waals surface area (Å²) in [6, 6.07) is 16.6. The zero-order chi connectivity index (χ0) is 18.6. The van der Waals surface area contributed by atoms with Crippen LogP contribution in [0.4, 0.5) is 0 Å². The molecule has 1 N–H and O–H groups in total. The zero-order valence-electron chi connectivity index (χ0n) is 14.6. The molecule has 1 heterocycles. The number of carbonyl (C=O) groups is 1. The summed E-state index contributed by atoms with van der Waals surface area (Å²) in [6.07, 6.45) is 3.59. The lowest BCUT2D eigenvalue weighted by Gasteiger charge is -2.25. The third kappa shape index (κ3) is 4.24. The van der Waals surface area contributed by atoms with Crippen LogP contribution in [-0.2, 0) is 11.3 Å². The Morgan fingerprint density at radius 3 is 2.58 bits per heavy atom. The van der Waals surface area contributed by atoms with E-state index in [2.05, 4.69) is 10.4 Å². The fraction of sp³-hybridized carbons (Fsp3) is 0.200. The Kier molecular flexibility index (Phi) is 5.28. The second-order valence-electron chi connectivity index (χ2n) is 6.33. The maximum Gasteiger partial charge on any atom is 0.263 e. The summed E-state index contributed by atoms with van der Waals surface area (Å²) in [5.74, 6) is 0.384. The van der Waals surface area contributed by atoms with Crippen LogP contribution >= 0.6 is 11.6 Å². The molecule has 0 aliphatic carbocycles. The molecule has 1 aromatic heterocycles. The average molecular weight is 370 g/mol. The van der Waals surface area contributed by atoms with Gasteiger partial charge in [0.15, 0.2) is 5.60 Å². The van der Waals surface area contributed by atoms with Crippen LogP contribution < -0.4 is 10.1 Å². The second kappa shape index (κ2) is 7.62. The van der Waals surface area contributed by atoms with Gasteiger partial charge in [0, 0.05) is 24.0 Å². The fourth-order valence-electron chi connectivity index (χ4n) is 2.53. The van der Waals surface area contributed by atoms with E-state index in [-0.39, 0.29) is 5.91 Å². The summed E-state index contributed by atoms with van der Waals surface area (Å²) >= 11 is 5.88. The van der Waals surface area contributed by atoms with Crippen molar-refractivity contribution >= 4 is 17.5 Å². The van der Waals surface area contributed by atoms with Crippen molar-refractivity contribution in [3.8, 4) is 11.4 Å². The van der Waals surface area contributed by atoms with Gasteiger partial charge in [-0.25, -0.2) is 4.68 Å². The Morgan fingerprint density at radius 2 is 1.88 bits per heavy atom. The summed E-state index contributed by atoms with van der Waals surface area (Å²) in [6.45, 7) is 3.84. The minimum Gasteiger partial charge on any atom is -0.478 e. The van der Waals surface area contributed by atoms with Gasteiger partial charge in [-0.1, -0.05) is 29.8 Å². The second-order valence-corrected chi connectivity index (χ2v) is 6.76. The predicted molar refractivity (Wildman–Crippen MR) is 102 cm³/mol. The molecule has 1 amide bonds. The molecule has 5 nitrogen and oxygen atoms in total. The Morgan fingerprint density at radius 1 is 1.15 bits per heavy atom. The first-order valence-corrected chi connectivity index (χ1v) is 8.64. The summed E-state index contributed by atoms with van der Waals surface area (Å²) in [5, 5.41) is 7.82. The molecule has 0 bridgehead atoms. The number of benzene rings is 2. The molecule has 134 valence electrons. The first-order valence-electron chi connectivity index (χ1n) is 8.26. The maximum atomic E-state index is 12.6.